The van der Waals surface area contributed by atoms with Crippen LogP contribution in [0.2, 0.25) is 0 Å². The molecule has 2 heterocycles. The Bertz CT molecular complexity index is 308. The van der Waals surface area contributed by atoms with Gasteiger partial charge in [0.1, 0.15) is 5.76 Å². The molecule has 2 rings (SSSR count). The molecule has 96 valence electrons. The van der Waals surface area contributed by atoms with E-state index in [1.807, 2.05) is 6.07 Å². The van der Waals surface area contributed by atoms with Crippen LogP contribution in [-0.4, -0.2) is 24.0 Å². The predicted molar refractivity (Wildman–Crippen MR) is 69.8 cm³/mol. The molecule has 0 aromatic carbocycles. The van der Waals surface area contributed by atoms with E-state index in [1.54, 1.807) is 6.26 Å². The SMILES string of the molecule is CCC(c1ccco1)N1CCCCC1CCN. The summed E-state index contributed by atoms with van der Waals surface area (Å²) in [6.45, 7) is 4.21. The van der Waals surface area contributed by atoms with Crippen molar-refractivity contribution in [3.8, 4) is 0 Å². The highest BCUT2D eigenvalue weighted by atomic mass is 16.3. The van der Waals surface area contributed by atoms with Crippen LogP contribution in [0.25, 0.3) is 0 Å². The average molecular weight is 236 g/mol. The Morgan fingerprint density at radius 1 is 1.53 bits per heavy atom. The number of nitrogens with two attached hydrogens (primary N) is 1. The van der Waals surface area contributed by atoms with Crippen LogP contribution in [0.15, 0.2) is 22.8 Å². The molecule has 0 aliphatic carbocycles. The van der Waals surface area contributed by atoms with Crippen LogP contribution in [0.3, 0.4) is 0 Å². The predicted octanol–water partition coefficient (Wildman–Crippen LogP) is 2.93. The fourth-order valence-electron chi connectivity index (χ4n) is 3.02. The van der Waals surface area contributed by atoms with Gasteiger partial charge in [-0.15, -0.1) is 0 Å². The molecule has 0 saturated carbocycles. The fourth-order valence-corrected chi connectivity index (χ4v) is 3.02. The molecule has 0 radical (unpaired) electrons. The Kier molecular flexibility index (Phi) is 4.63. The number of hydrogen-bond acceptors (Lipinski definition) is 3. The van der Waals surface area contributed by atoms with E-state index in [0.29, 0.717) is 12.1 Å². The second-order valence-corrected chi connectivity index (χ2v) is 4.90. The monoisotopic (exact) mass is 236 g/mol. The molecule has 1 fully saturated rings. The van der Waals surface area contributed by atoms with E-state index < -0.39 is 0 Å². The van der Waals surface area contributed by atoms with Crippen molar-refractivity contribution in [1.29, 1.82) is 0 Å². The second kappa shape index (κ2) is 6.22. The Labute approximate surface area is 104 Å². The highest BCUT2D eigenvalue weighted by molar-refractivity contribution is 5.05. The maximum atomic E-state index is 5.73. The third-order valence-corrected chi connectivity index (χ3v) is 3.83. The fraction of sp³-hybridized carbons (Fsp3) is 0.714. The van der Waals surface area contributed by atoms with Gasteiger partial charge >= 0.3 is 0 Å². The summed E-state index contributed by atoms with van der Waals surface area (Å²) in [6.07, 6.45) is 7.92. The Balaban J connectivity index is 2.10. The topological polar surface area (TPSA) is 42.4 Å². The normalized spacial score (nSPS) is 23.8. The summed E-state index contributed by atoms with van der Waals surface area (Å²) in [5.41, 5.74) is 5.73. The lowest BCUT2D eigenvalue weighted by Gasteiger charge is -2.40. The van der Waals surface area contributed by atoms with Gasteiger partial charge in [-0.05, 0) is 50.9 Å². The van der Waals surface area contributed by atoms with Crippen molar-refractivity contribution in [2.24, 2.45) is 5.73 Å². The molecule has 0 bridgehead atoms. The number of rotatable bonds is 5. The molecule has 17 heavy (non-hydrogen) atoms. The number of piperidine rings is 1. The lowest BCUT2D eigenvalue weighted by molar-refractivity contribution is 0.0755. The first kappa shape index (κ1) is 12.7. The van der Waals surface area contributed by atoms with E-state index in [1.165, 1.54) is 25.8 Å². The van der Waals surface area contributed by atoms with Crippen molar-refractivity contribution >= 4 is 0 Å². The second-order valence-electron chi connectivity index (χ2n) is 4.90. The Morgan fingerprint density at radius 2 is 2.41 bits per heavy atom. The smallest absolute Gasteiger partial charge is 0.120 e. The molecule has 3 heteroatoms. The third kappa shape index (κ3) is 2.90. The minimum Gasteiger partial charge on any atom is -0.468 e. The van der Waals surface area contributed by atoms with E-state index >= 15 is 0 Å². The minimum atomic E-state index is 0.432. The van der Waals surface area contributed by atoms with Crippen molar-refractivity contribution in [2.45, 2.75) is 51.1 Å². The van der Waals surface area contributed by atoms with Crippen LogP contribution < -0.4 is 5.73 Å². The van der Waals surface area contributed by atoms with Crippen molar-refractivity contribution in [2.75, 3.05) is 13.1 Å². The highest BCUT2D eigenvalue weighted by Crippen LogP contribution is 2.32. The first-order valence-electron chi connectivity index (χ1n) is 6.86. The average Bonchev–Trinajstić information content (AvgIpc) is 2.86. The van der Waals surface area contributed by atoms with Crippen molar-refractivity contribution < 1.29 is 4.42 Å². The van der Waals surface area contributed by atoms with Crippen molar-refractivity contribution in [3.05, 3.63) is 24.2 Å². The summed E-state index contributed by atoms with van der Waals surface area (Å²) in [5.74, 6) is 1.11. The zero-order chi connectivity index (χ0) is 12.1. The molecule has 1 aromatic heterocycles. The highest BCUT2D eigenvalue weighted by Gasteiger charge is 2.29. The molecule has 1 aromatic rings. The van der Waals surface area contributed by atoms with Gasteiger partial charge in [0.25, 0.3) is 0 Å². The summed E-state index contributed by atoms with van der Waals surface area (Å²) in [4.78, 5) is 2.61. The van der Waals surface area contributed by atoms with E-state index in [-0.39, 0.29) is 0 Å². The van der Waals surface area contributed by atoms with Crippen LogP contribution in [0.1, 0.15) is 50.8 Å². The standard InChI is InChI=1S/C14H24N2O/c1-2-13(14-7-5-11-17-14)16-10-4-3-6-12(16)8-9-15/h5,7,11-13H,2-4,6,8-10,15H2,1H3. The Hall–Kier alpha value is -0.800. The zero-order valence-electron chi connectivity index (χ0n) is 10.8. The van der Waals surface area contributed by atoms with Crippen LogP contribution in [0.4, 0.5) is 0 Å². The molecule has 2 unspecified atom stereocenters. The van der Waals surface area contributed by atoms with Gasteiger partial charge in [-0.25, -0.2) is 0 Å². The summed E-state index contributed by atoms with van der Waals surface area (Å²) in [7, 11) is 0. The van der Waals surface area contributed by atoms with Crippen LogP contribution >= 0.6 is 0 Å². The van der Waals surface area contributed by atoms with Gasteiger partial charge < -0.3 is 10.2 Å². The van der Waals surface area contributed by atoms with Gasteiger partial charge in [-0.3, -0.25) is 4.90 Å². The molecule has 2 N–H and O–H groups in total. The summed E-state index contributed by atoms with van der Waals surface area (Å²) in [5, 5.41) is 0. The number of furan rings is 1. The van der Waals surface area contributed by atoms with E-state index in [4.69, 9.17) is 10.2 Å². The first-order chi connectivity index (χ1) is 8.36. The molecule has 1 aliphatic rings. The van der Waals surface area contributed by atoms with E-state index in [0.717, 1.165) is 25.1 Å². The van der Waals surface area contributed by atoms with Crippen LogP contribution in [-0.2, 0) is 0 Å². The first-order valence-corrected chi connectivity index (χ1v) is 6.86. The zero-order valence-corrected chi connectivity index (χ0v) is 10.8. The molecule has 0 amide bonds. The van der Waals surface area contributed by atoms with E-state index in [2.05, 4.69) is 17.9 Å². The largest absolute Gasteiger partial charge is 0.468 e. The van der Waals surface area contributed by atoms with Gasteiger partial charge in [-0.2, -0.15) is 0 Å². The molecular formula is C14H24N2O. The number of nitrogens with zero attached hydrogens (tertiary/aromatic N) is 1. The van der Waals surface area contributed by atoms with Gasteiger partial charge in [-0.1, -0.05) is 13.3 Å². The van der Waals surface area contributed by atoms with Gasteiger partial charge in [0.15, 0.2) is 0 Å². The number of likely N-dealkylation sites (tertiary alicyclic amines) is 1. The number of hydrogen-bond donors (Lipinski definition) is 1. The van der Waals surface area contributed by atoms with Crippen molar-refractivity contribution in [1.82, 2.24) is 4.90 Å². The Morgan fingerprint density at radius 3 is 3.06 bits per heavy atom. The molecular weight excluding hydrogens is 212 g/mol. The summed E-state index contributed by atoms with van der Waals surface area (Å²) < 4.78 is 5.59. The van der Waals surface area contributed by atoms with Gasteiger partial charge in [0.05, 0.1) is 12.3 Å². The van der Waals surface area contributed by atoms with E-state index in [9.17, 15) is 0 Å². The van der Waals surface area contributed by atoms with Gasteiger partial charge in [0, 0.05) is 6.04 Å². The van der Waals surface area contributed by atoms with Crippen LogP contribution in [0.5, 0.6) is 0 Å². The minimum absolute atomic E-state index is 0.432. The van der Waals surface area contributed by atoms with Gasteiger partial charge in [0.2, 0.25) is 0 Å². The lowest BCUT2D eigenvalue weighted by atomic mass is 9.95. The lowest BCUT2D eigenvalue weighted by Crippen LogP contribution is -2.42. The maximum Gasteiger partial charge on any atom is 0.120 e. The third-order valence-electron chi connectivity index (χ3n) is 3.83. The molecule has 3 nitrogen and oxygen atoms in total. The molecule has 0 spiro atoms. The summed E-state index contributed by atoms with van der Waals surface area (Å²) >= 11 is 0. The molecule has 1 aliphatic heterocycles. The molecule has 1 saturated heterocycles. The van der Waals surface area contributed by atoms with Crippen LogP contribution in [0, 0.1) is 0 Å². The maximum absolute atomic E-state index is 5.73. The quantitative estimate of drug-likeness (QED) is 0.854. The summed E-state index contributed by atoms with van der Waals surface area (Å²) in [6, 6.07) is 5.16. The van der Waals surface area contributed by atoms with Crippen molar-refractivity contribution in [3.63, 3.8) is 0 Å². The molecule has 2 atom stereocenters.